The van der Waals surface area contributed by atoms with Gasteiger partial charge in [-0.05, 0) is 55.9 Å². The first kappa shape index (κ1) is 23.0. The van der Waals surface area contributed by atoms with Crippen LogP contribution in [0.25, 0.3) is 16.9 Å². The van der Waals surface area contributed by atoms with E-state index in [0.717, 1.165) is 30.5 Å². The molecule has 3 aromatic heterocycles. The van der Waals surface area contributed by atoms with Gasteiger partial charge in [0.05, 0.1) is 23.2 Å². The Labute approximate surface area is 218 Å². The molecule has 1 aromatic carbocycles. The lowest BCUT2D eigenvalue weighted by Crippen LogP contribution is -2.39. The summed E-state index contributed by atoms with van der Waals surface area (Å²) in [4.78, 5) is 35.8. The highest BCUT2D eigenvalue weighted by Gasteiger charge is 2.45. The van der Waals surface area contributed by atoms with Gasteiger partial charge in [0, 0.05) is 42.0 Å². The first-order chi connectivity index (χ1) is 18.4. The molecular formula is C29H26FN5O3. The Morgan fingerprint density at radius 3 is 2.68 bits per heavy atom. The van der Waals surface area contributed by atoms with Crippen molar-refractivity contribution in [3.05, 3.63) is 82.7 Å². The maximum absolute atomic E-state index is 15.1. The van der Waals surface area contributed by atoms with Crippen molar-refractivity contribution in [3.63, 3.8) is 0 Å². The molecule has 38 heavy (non-hydrogen) atoms. The fourth-order valence-electron chi connectivity index (χ4n) is 5.74. The van der Waals surface area contributed by atoms with E-state index in [1.165, 1.54) is 17.8 Å². The Morgan fingerprint density at radius 1 is 1.13 bits per heavy atom. The van der Waals surface area contributed by atoms with Crippen LogP contribution < -0.4 is 0 Å². The average Bonchev–Trinajstić information content (AvgIpc) is 3.84. The molecule has 0 saturated heterocycles. The first-order valence-corrected chi connectivity index (χ1v) is 13.1. The quantitative estimate of drug-likeness (QED) is 0.415. The van der Waals surface area contributed by atoms with E-state index in [1.807, 2.05) is 30.0 Å². The Morgan fingerprint density at radius 2 is 1.95 bits per heavy atom. The van der Waals surface area contributed by atoms with Crippen molar-refractivity contribution in [2.75, 3.05) is 6.54 Å². The molecule has 2 saturated carbocycles. The largest absolute Gasteiger partial charge is 0.481 e. The Hall–Kier alpha value is -4.14. The number of carbonyl (C=O) groups is 2. The minimum atomic E-state index is -0.881. The zero-order valence-electron chi connectivity index (χ0n) is 20.8. The van der Waals surface area contributed by atoms with Gasteiger partial charge in [-0.15, -0.1) is 0 Å². The van der Waals surface area contributed by atoms with Gasteiger partial charge < -0.3 is 10.0 Å². The van der Waals surface area contributed by atoms with Crippen LogP contribution in [-0.4, -0.2) is 48.0 Å². The van der Waals surface area contributed by atoms with Crippen LogP contribution in [0.3, 0.4) is 0 Å². The number of halogens is 1. The molecule has 1 N–H and O–H groups in total. The molecule has 7 rings (SSSR count). The molecule has 1 amide bonds. The van der Waals surface area contributed by atoms with Crippen molar-refractivity contribution in [1.29, 1.82) is 0 Å². The van der Waals surface area contributed by atoms with Gasteiger partial charge in [0.25, 0.3) is 5.91 Å². The minimum Gasteiger partial charge on any atom is -0.481 e. The summed E-state index contributed by atoms with van der Waals surface area (Å²) in [6.45, 7) is 2.67. The molecular weight excluding hydrogens is 485 g/mol. The number of benzene rings is 1. The van der Waals surface area contributed by atoms with Gasteiger partial charge in [0.2, 0.25) is 0 Å². The molecule has 3 atom stereocenters. The lowest BCUT2D eigenvalue weighted by molar-refractivity contribution is -0.138. The molecule has 3 aliphatic rings. The van der Waals surface area contributed by atoms with Crippen molar-refractivity contribution >= 4 is 17.5 Å². The monoisotopic (exact) mass is 511 g/mol. The normalized spacial score (nSPS) is 22.4. The molecule has 1 unspecified atom stereocenters. The van der Waals surface area contributed by atoms with Crippen molar-refractivity contribution in [1.82, 2.24) is 24.5 Å². The number of hydrogen-bond acceptors (Lipinski definition) is 5. The van der Waals surface area contributed by atoms with Gasteiger partial charge in [-0.2, -0.15) is 5.10 Å². The highest BCUT2D eigenvalue weighted by Crippen LogP contribution is 2.47. The topological polar surface area (TPSA) is 101 Å². The number of aliphatic carboxylic acids is 1. The van der Waals surface area contributed by atoms with E-state index in [2.05, 4.69) is 27.2 Å². The van der Waals surface area contributed by atoms with Crippen LogP contribution in [0.5, 0.6) is 0 Å². The molecule has 1 aliphatic heterocycles. The van der Waals surface area contributed by atoms with E-state index in [-0.39, 0.29) is 29.3 Å². The maximum Gasteiger partial charge on any atom is 0.307 e. The number of nitrogens with zero attached hydrogens (tertiary/aromatic N) is 5. The summed E-state index contributed by atoms with van der Waals surface area (Å²) in [6.07, 6.45) is 4.71. The number of carbonyl (C=O) groups excluding carboxylic acids is 1. The van der Waals surface area contributed by atoms with E-state index in [1.54, 1.807) is 10.6 Å². The third-order valence-corrected chi connectivity index (χ3v) is 8.16. The number of pyridine rings is 1. The molecule has 0 spiro atoms. The third kappa shape index (κ3) is 3.76. The first-order valence-electron chi connectivity index (χ1n) is 13.1. The van der Waals surface area contributed by atoms with E-state index in [0.29, 0.717) is 35.7 Å². The van der Waals surface area contributed by atoms with Crippen molar-refractivity contribution in [3.8, 4) is 11.3 Å². The van der Waals surface area contributed by atoms with Crippen molar-refractivity contribution in [2.45, 2.75) is 50.5 Å². The lowest BCUT2D eigenvalue weighted by atomic mass is 9.93. The summed E-state index contributed by atoms with van der Waals surface area (Å²) >= 11 is 0. The Bertz CT molecular complexity index is 1630. The van der Waals surface area contributed by atoms with Gasteiger partial charge in [0.15, 0.2) is 5.65 Å². The number of carboxylic acid groups (broad SMARTS) is 1. The summed E-state index contributed by atoms with van der Waals surface area (Å²) in [6, 6.07) is 13.0. The molecule has 192 valence electrons. The number of hydrogen-bond donors (Lipinski definition) is 1. The van der Waals surface area contributed by atoms with Gasteiger partial charge in [-0.3, -0.25) is 14.6 Å². The van der Waals surface area contributed by atoms with Crippen LogP contribution in [-0.2, 0) is 11.2 Å². The van der Waals surface area contributed by atoms with Gasteiger partial charge >= 0.3 is 5.97 Å². The van der Waals surface area contributed by atoms with E-state index >= 15 is 4.39 Å². The van der Waals surface area contributed by atoms with Crippen LogP contribution in [0, 0.1) is 11.7 Å². The van der Waals surface area contributed by atoms with Gasteiger partial charge in [0.1, 0.15) is 11.5 Å². The number of amides is 1. The molecule has 8 nitrogen and oxygen atoms in total. The molecule has 4 aromatic rings. The summed E-state index contributed by atoms with van der Waals surface area (Å²) in [7, 11) is 0. The number of rotatable bonds is 5. The molecule has 2 fully saturated rings. The predicted octanol–water partition coefficient (Wildman–Crippen LogP) is 4.76. The second-order valence-corrected chi connectivity index (χ2v) is 10.6. The van der Waals surface area contributed by atoms with Crippen LogP contribution in [0.2, 0.25) is 0 Å². The molecule has 0 radical (unpaired) electrons. The molecule has 0 bridgehead atoms. The van der Waals surface area contributed by atoms with Crippen LogP contribution in [0.1, 0.15) is 77.1 Å². The summed E-state index contributed by atoms with van der Waals surface area (Å²) < 4.78 is 16.9. The number of aromatic nitrogens is 4. The SMILES string of the molecule is C[C@@H]1c2ccccc2CCN1C(=O)c1cc(C2CC2)n2nc(-c3cnc(C4C[C@H]4C(=O)O)cc3F)cc2n1. The molecule has 4 heterocycles. The zero-order valence-corrected chi connectivity index (χ0v) is 20.8. The maximum atomic E-state index is 15.1. The summed E-state index contributed by atoms with van der Waals surface area (Å²) in [5.74, 6) is -1.96. The van der Waals surface area contributed by atoms with Crippen LogP contribution >= 0.6 is 0 Å². The predicted molar refractivity (Wildman–Crippen MR) is 136 cm³/mol. The molecule has 9 heteroatoms. The van der Waals surface area contributed by atoms with E-state index in [9.17, 15) is 14.7 Å². The summed E-state index contributed by atoms with van der Waals surface area (Å²) in [5, 5.41) is 13.8. The number of carboxylic acids is 1. The number of fused-ring (bicyclic) bond motifs is 2. The standard InChI is InChI=1S/C29H26FN5O3/c1-15-18-5-3-2-4-16(18)8-9-34(15)28(36)25-12-26(17-6-7-17)35-27(32-25)13-24(33-35)21-14-31-23(11-22(21)30)19-10-20(19)29(37)38/h2-5,11-15,17,19-20H,6-10H2,1H3,(H,37,38)/t15-,19?,20-/m1/s1. The Kier molecular flexibility index (Phi) is 5.11. The lowest BCUT2D eigenvalue weighted by Gasteiger charge is -2.35. The highest BCUT2D eigenvalue weighted by molar-refractivity contribution is 5.93. The van der Waals surface area contributed by atoms with E-state index in [4.69, 9.17) is 0 Å². The second kappa shape index (κ2) is 8.44. The highest BCUT2D eigenvalue weighted by atomic mass is 19.1. The smallest absolute Gasteiger partial charge is 0.307 e. The average molecular weight is 512 g/mol. The second-order valence-electron chi connectivity index (χ2n) is 10.6. The summed E-state index contributed by atoms with van der Waals surface area (Å²) in [5.41, 5.74) is 5.26. The molecule has 2 aliphatic carbocycles. The zero-order chi connectivity index (χ0) is 26.1. The minimum absolute atomic E-state index is 0.0544. The van der Waals surface area contributed by atoms with E-state index < -0.39 is 17.7 Å². The van der Waals surface area contributed by atoms with Crippen LogP contribution in [0.4, 0.5) is 4.39 Å². The Balaban J connectivity index is 1.23. The van der Waals surface area contributed by atoms with Crippen molar-refractivity contribution in [2.24, 2.45) is 5.92 Å². The van der Waals surface area contributed by atoms with Gasteiger partial charge in [-0.25, -0.2) is 13.9 Å². The van der Waals surface area contributed by atoms with Crippen molar-refractivity contribution < 1.29 is 19.1 Å². The third-order valence-electron chi connectivity index (χ3n) is 8.16. The van der Waals surface area contributed by atoms with Gasteiger partial charge in [-0.1, -0.05) is 24.3 Å². The fraction of sp³-hybridized carbons (Fsp3) is 0.345. The van der Waals surface area contributed by atoms with Crippen LogP contribution in [0.15, 0.2) is 48.7 Å². The fourth-order valence-corrected chi connectivity index (χ4v) is 5.74.